The third-order valence-electron chi connectivity index (χ3n) is 10.4. The second kappa shape index (κ2) is 11.4. The lowest BCUT2D eigenvalue weighted by Gasteiger charge is -2.39. The van der Waals surface area contributed by atoms with Gasteiger partial charge in [0.05, 0.1) is 18.5 Å². The van der Waals surface area contributed by atoms with Crippen LogP contribution in [0.4, 0.5) is 0 Å². The zero-order chi connectivity index (χ0) is 33.5. The lowest BCUT2D eigenvalue weighted by molar-refractivity contribution is 0.204. The van der Waals surface area contributed by atoms with Crippen molar-refractivity contribution in [3.05, 3.63) is 168 Å². The van der Waals surface area contributed by atoms with E-state index in [1.165, 1.54) is 31.3 Å². The summed E-state index contributed by atoms with van der Waals surface area (Å²) in [4.78, 5) is 0. The van der Waals surface area contributed by atoms with Crippen molar-refractivity contribution in [1.82, 2.24) is 16.0 Å². The van der Waals surface area contributed by atoms with Gasteiger partial charge >= 0.3 is 0 Å². The highest BCUT2D eigenvalue weighted by molar-refractivity contribution is 7.26. The summed E-state index contributed by atoms with van der Waals surface area (Å²) >= 11 is 1.86. The van der Waals surface area contributed by atoms with E-state index < -0.39 is 0 Å². The minimum atomic E-state index is -0.132. The SMILES string of the molecule is c1ccc(C2NC(c3ccc4oc5c(-c6cccc7c6oc6ccccc67)cccc5c4c3)NC(c3cccc4c3sc3ccccc34)N2)cc1. The summed E-state index contributed by atoms with van der Waals surface area (Å²) in [7, 11) is 0. The van der Waals surface area contributed by atoms with Gasteiger partial charge in [0.25, 0.3) is 0 Å². The molecule has 0 radical (unpaired) electrons. The molecular weight excluding hydrogens is 647 g/mol. The van der Waals surface area contributed by atoms with E-state index in [2.05, 4.69) is 155 Å². The number of hydrogen-bond donors (Lipinski definition) is 3. The largest absolute Gasteiger partial charge is 0.455 e. The van der Waals surface area contributed by atoms with E-state index in [9.17, 15) is 0 Å². The zero-order valence-corrected chi connectivity index (χ0v) is 28.2. The zero-order valence-electron chi connectivity index (χ0n) is 27.4. The van der Waals surface area contributed by atoms with E-state index in [1.54, 1.807) is 0 Å². The number of nitrogens with one attached hydrogen (secondary N) is 3. The molecule has 1 saturated heterocycles. The van der Waals surface area contributed by atoms with Crippen molar-refractivity contribution in [3.63, 3.8) is 0 Å². The van der Waals surface area contributed by atoms with Crippen molar-refractivity contribution in [2.45, 2.75) is 18.5 Å². The quantitative estimate of drug-likeness (QED) is 0.173. The van der Waals surface area contributed by atoms with E-state index in [4.69, 9.17) is 8.83 Å². The third-order valence-corrected chi connectivity index (χ3v) is 11.7. The van der Waals surface area contributed by atoms with E-state index in [0.717, 1.165) is 60.6 Å². The molecule has 3 atom stereocenters. The van der Waals surface area contributed by atoms with Crippen LogP contribution in [0.3, 0.4) is 0 Å². The Labute approximate surface area is 297 Å². The Bertz CT molecular complexity index is 2940. The number of hydrogen-bond acceptors (Lipinski definition) is 6. The second-order valence-corrected chi connectivity index (χ2v) is 14.4. The summed E-state index contributed by atoms with van der Waals surface area (Å²) in [6.07, 6.45) is -0.293. The first kappa shape index (κ1) is 29.0. The van der Waals surface area contributed by atoms with Crippen molar-refractivity contribution in [1.29, 1.82) is 0 Å². The molecule has 0 bridgehead atoms. The molecule has 6 heteroatoms. The Balaban J connectivity index is 1.03. The van der Waals surface area contributed by atoms with Gasteiger partial charge in [0.2, 0.25) is 0 Å². The molecule has 1 aliphatic heterocycles. The van der Waals surface area contributed by atoms with Gasteiger partial charge in [0.1, 0.15) is 22.3 Å². The Hall–Kier alpha value is -5.76. The number of para-hydroxylation sites is 3. The van der Waals surface area contributed by atoms with Gasteiger partial charge in [-0.2, -0.15) is 0 Å². The minimum absolute atomic E-state index is 0.0697. The lowest BCUT2D eigenvalue weighted by atomic mass is 9.99. The van der Waals surface area contributed by atoms with Crippen LogP contribution in [0.15, 0.2) is 160 Å². The monoisotopic (exact) mass is 677 g/mol. The topological polar surface area (TPSA) is 62.4 Å². The smallest absolute Gasteiger partial charge is 0.143 e. The van der Waals surface area contributed by atoms with Gasteiger partial charge in [-0.1, -0.05) is 127 Å². The van der Waals surface area contributed by atoms with Crippen LogP contribution in [0.1, 0.15) is 35.2 Å². The fourth-order valence-corrected chi connectivity index (χ4v) is 9.26. The van der Waals surface area contributed by atoms with E-state index in [1.807, 2.05) is 23.5 Å². The highest BCUT2D eigenvalue weighted by atomic mass is 32.1. The molecule has 3 unspecified atom stereocenters. The lowest BCUT2D eigenvalue weighted by Crippen LogP contribution is -2.54. The second-order valence-electron chi connectivity index (χ2n) is 13.4. The molecule has 0 aliphatic carbocycles. The van der Waals surface area contributed by atoms with E-state index >= 15 is 0 Å². The average molecular weight is 678 g/mol. The molecule has 7 aromatic carbocycles. The molecule has 1 aliphatic rings. The summed E-state index contributed by atoms with van der Waals surface area (Å²) in [5.74, 6) is 0. The first-order valence-electron chi connectivity index (χ1n) is 17.4. The number of furan rings is 2. The van der Waals surface area contributed by atoms with Crippen molar-refractivity contribution < 1.29 is 8.83 Å². The van der Waals surface area contributed by atoms with Crippen molar-refractivity contribution in [2.24, 2.45) is 0 Å². The average Bonchev–Trinajstić information content (AvgIpc) is 3.89. The molecule has 4 heterocycles. The van der Waals surface area contributed by atoms with Crippen molar-refractivity contribution in [2.75, 3.05) is 0 Å². The van der Waals surface area contributed by atoms with Crippen LogP contribution in [0.2, 0.25) is 0 Å². The Morgan fingerprint density at radius 3 is 1.80 bits per heavy atom. The molecule has 51 heavy (non-hydrogen) atoms. The van der Waals surface area contributed by atoms with Crippen LogP contribution >= 0.6 is 11.3 Å². The van der Waals surface area contributed by atoms with Gasteiger partial charge in [0.15, 0.2) is 0 Å². The van der Waals surface area contributed by atoms with Gasteiger partial charge < -0.3 is 8.83 Å². The van der Waals surface area contributed by atoms with Gasteiger partial charge in [-0.05, 0) is 35.4 Å². The van der Waals surface area contributed by atoms with Crippen LogP contribution < -0.4 is 16.0 Å². The van der Waals surface area contributed by atoms with Gasteiger partial charge in [-0.3, -0.25) is 16.0 Å². The predicted molar refractivity (Wildman–Crippen MR) is 210 cm³/mol. The fraction of sp³-hybridized carbons (Fsp3) is 0.0667. The van der Waals surface area contributed by atoms with Crippen LogP contribution in [-0.2, 0) is 0 Å². The number of fused-ring (bicyclic) bond motifs is 9. The van der Waals surface area contributed by atoms with Gasteiger partial charge in [-0.25, -0.2) is 0 Å². The molecule has 0 spiro atoms. The Kier molecular flexibility index (Phi) is 6.48. The summed E-state index contributed by atoms with van der Waals surface area (Å²) in [5.41, 5.74) is 9.12. The summed E-state index contributed by atoms with van der Waals surface area (Å²) in [6.45, 7) is 0. The van der Waals surface area contributed by atoms with Crippen molar-refractivity contribution >= 4 is 75.4 Å². The van der Waals surface area contributed by atoms with Crippen LogP contribution in [-0.4, -0.2) is 0 Å². The third kappa shape index (κ3) is 4.58. The van der Waals surface area contributed by atoms with E-state index in [-0.39, 0.29) is 18.5 Å². The first-order valence-corrected chi connectivity index (χ1v) is 18.2. The number of thiophene rings is 1. The number of rotatable bonds is 4. The normalized spacial score (nSPS) is 18.2. The molecule has 1 fully saturated rings. The molecule has 5 nitrogen and oxygen atoms in total. The molecule has 0 amide bonds. The van der Waals surface area contributed by atoms with Gasteiger partial charge in [-0.15, -0.1) is 11.3 Å². The molecule has 3 aromatic heterocycles. The number of benzene rings is 7. The molecule has 0 saturated carbocycles. The highest BCUT2D eigenvalue weighted by Gasteiger charge is 2.31. The Morgan fingerprint density at radius 2 is 1.00 bits per heavy atom. The van der Waals surface area contributed by atoms with Crippen LogP contribution in [0.5, 0.6) is 0 Å². The first-order chi connectivity index (χ1) is 25.3. The highest BCUT2D eigenvalue weighted by Crippen LogP contribution is 2.43. The molecule has 10 aromatic rings. The minimum Gasteiger partial charge on any atom is -0.455 e. The molecule has 244 valence electrons. The Morgan fingerprint density at radius 1 is 0.412 bits per heavy atom. The molecular formula is C45H31N3O2S. The fourth-order valence-electron chi connectivity index (χ4n) is 8.02. The maximum atomic E-state index is 6.67. The van der Waals surface area contributed by atoms with Crippen molar-refractivity contribution in [3.8, 4) is 11.1 Å². The maximum absolute atomic E-state index is 6.67. The van der Waals surface area contributed by atoms with Crippen LogP contribution in [0.25, 0.3) is 75.2 Å². The summed E-state index contributed by atoms with van der Waals surface area (Å²) < 4.78 is 15.7. The maximum Gasteiger partial charge on any atom is 0.143 e. The van der Waals surface area contributed by atoms with Crippen LogP contribution in [0, 0.1) is 0 Å². The summed E-state index contributed by atoms with van der Waals surface area (Å²) in [6, 6.07) is 53.6. The van der Waals surface area contributed by atoms with E-state index in [0.29, 0.717) is 0 Å². The molecule has 11 rings (SSSR count). The molecule has 3 N–H and O–H groups in total. The van der Waals surface area contributed by atoms with Gasteiger partial charge in [0, 0.05) is 58.4 Å². The summed E-state index contributed by atoms with van der Waals surface area (Å²) in [5, 5.41) is 18.7. The standard InChI is InChI=1S/C45H31N3O2S/c1-2-11-26(12-3-1)43-46-44(48-45(47-43)35-20-10-19-34-29-14-5-7-22-39(29)51-42(34)35)27-23-24-38-36(25-27)33-18-9-17-32(41(33)50-38)31-16-8-15-30-28-13-4-6-21-37(28)49-40(30)31/h1-25,43-48H. The predicted octanol–water partition coefficient (Wildman–Crippen LogP) is 11.7.